The maximum atomic E-state index is 13.4. The van der Waals surface area contributed by atoms with Crippen molar-refractivity contribution in [1.29, 1.82) is 0 Å². The summed E-state index contributed by atoms with van der Waals surface area (Å²) in [6.07, 6.45) is 4.30. The number of fused-ring (bicyclic) bond motifs is 1. The molecule has 0 atom stereocenters. The minimum absolute atomic E-state index is 0.0496. The van der Waals surface area contributed by atoms with Crippen LogP contribution in [-0.2, 0) is 22.6 Å². The van der Waals surface area contributed by atoms with Gasteiger partial charge in [0.1, 0.15) is 11.6 Å². The molecule has 1 amide bonds. The summed E-state index contributed by atoms with van der Waals surface area (Å²) >= 11 is 0. The molecule has 0 aliphatic carbocycles. The van der Waals surface area contributed by atoms with Crippen LogP contribution in [0.4, 0.5) is 4.39 Å². The Balaban J connectivity index is 0.000000392. The summed E-state index contributed by atoms with van der Waals surface area (Å²) < 4.78 is 18.9. The van der Waals surface area contributed by atoms with Crippen molar-refractivity contribution < 1.29 is 33.7 Å². The first kappa shape index (κ1) is 26.9. The number of methoxy groups -OCH3 is 1. The van der Waals surface area contributed by atoms with E-state index in [1.165, 1.54) is 17.7 Å². The van der Waals surface area contributed by atoms with E-state index in [1.54, 1.807) is 13.2 Å². The third-order valence-corrected chi connectivity index (χ3v) is 6.39. The number of carboxylic acid groups (broad SMARTS) is 2. The summed E-state index contributed by atoms with van der Waals surface area (Å²) in [5.41, 5.74) is 2.73. The number of ether oxygens (including phenoxy) is 1. The zero-order valence-corrected chi connectivity index (χ0v) is 20.2. The molecule has 2 aromatic carbocycles. The molecule has 0 unspecified atom stereocenters. The SMILES string of the molecule is COc1ccccc1CCN1CCC(CN2Cc3cc(F)ccc3C2=O)CC1.O=C(O)/C=C/C(=O)O. The molecule has 2 heterocycles. The molecule has 0 bridgehead atoms. The lowest BCUT2D eigenvalue weighted by atomic mass is 9.96. The summed E-state index contributed by atoms with van der Waals surface area (Å²) in [5, 5.41) is 15.6. The fourth-order valence-corrected chi connectivity index (χ4v) is 4.53. The van der Waals surface area contributed by atoms with Gasteiger partial charge in [0.15, 0.2) is 0 Å². The van der Waals surface area contributed by atoms with Gasteiger partial charge in [-0.05, 0) is 73.7 Å². The van der Waals surface area contributed by atoms with Crippen LogP contribution in [0.1, 0.15) is 34.3 Å². The van der Waals surface area contributed by atoms with Gasteiger partial charge in [0.2, 0.25) is 0 Å². The first-order valence-corrected chi connectivity index (χ1v) is 11.8. The van der Waals surface area contributed by atoms with E-state index in [0.717, 1.165) is 56.8 Å². The highest BCUT2D eigenvalue weighted by atomic mass is 19.1. The Morgan fingerprint density at radius 3 is 2.39 bits per heavy atom. The average molecular weight is 499 g/mol. The zero-order chi connectivity index (χ0) is 26.1. The first-order valence-electron chi connectivity index (χ1n) is 11.8. The van der Waals surface area contributed by atoms with E-state index in [0.29, 0.717) is 30.2 Å². The fourth-order valence-electron chi connectivity index (χ4n) is 4.53. The topological polar surface area (TPSA) is 107 Å². The van der Waals surface area contributed by atoms with E-state index in [-0.39, 0.29) is 11.7 Å². The highest BCUT2D eigenvalue weighted by molar-refractivity contribution is 5.98. The number of hydrogen-bond donors (Lipinski definition) is 2. The second-order valence-corrected chi connectivity index (χ2v) is 8.84. The van der Waals surface area contributed by atoms with E-state index < -0.39 is 11.9 Å². The van der Waals surface area contributed by atoms with Crippen molar-refractivity contribution >= 4 is 17.8 Å². The Kier molecular flexibility index (Phi) is 9.58. The van der Waals surface area contributed by atoms with Crippen LogP contribution in [0.15, 0.2) is 54.6 Å². The van der Waals surface area contributed by atoms with Gasteiger partial charge in [-0.2, -0.15) is 0 Å². The Bertz CT molecular complexity index is 1100. The third-order valence-electron chi connectivity index (χ3n) is 6.39. The fraction of sp³-hybridized carbons (Fsp3) is 0.370. The summed E-state index contributed by atoms with van der Waals surface area (Å²) in [6, 6.07) is 12.7. The number of carbonyl (C=O) groups excluding carboxylic acids is 1. The van der Waals surface area contributed by atoms with Crippen LogP contribution in [0.3, 0.4) is 0 Å². The quantitative estimate of drug-likeness (QED) is 0.537. The maximum absolute atomic E-state index is 13.4. The van der Waals surface area contributed by atoms with Crippen LogP contribution < -0.4 is 4.74 Å². The molecule has 1 saturated heterocycles. The summed E-state index contributed by atoms with van der Waals surface area (Å²) in [7, 11) is 1.72. The largest absolute Gasteiger partial charge is 0.496 e. The number of carbonyl (C=O) groups is 3. The van der Waals surface area contributed by atoms with Crippen molar-refractivity contribution in [3.63, 3.8) is 0 Å². The number of aliphatic carboxylic acids is 2. The lowest BCUT2D eigenvalue weighted by Crippen LogP contribution is -2.39. The molecule has 0 saturated carbocycles. The standard InChI is InChI=1S/C23H27FN2O2.C4H4O4/c1-28-22-5-3-2-4-18(22)10-13-25-11-8-17(9-12-25)15-26-16-19-14-20(24)6-7-21(19)23(26)27;5-3(6)1-2-4(7)8/h2-7,14,17H,8-13,15-16H2,1H3;1-2H,(H,5,6)(H,7,8)/b;2-1+. The Morgan fingerprint density at radius 1 is 1.08 bits per heavy atom. The number of likely N-dealkylation sites (tertiary alicyclic amines) is 1. The Hall–Kier alpha value is -3.72. The smallest absolute Gasteiger partial charge is 0.328 e. The molecule has 36 heavy (non-hydrogen) atoms. The van der Waals surface area contributed by atoms with Gasteiger partial charge in [-0.25, -0.2) is 14.0 Å². The predicted octanol–water partition coefficient (Wildman–Crippen LogP) is 3.46. The summed E-state index contributed by atoms with van der Waals surface area (Å²) in [4.78, 5) is 36.0. The lowest BCUT2D eigenvalue weighted by molar-refractivity contribution is -0.134. The molecule has 0 radical (unpaired) electrons. The second kappa shape index (κ2) is 12.8. The maximum Gasteiger partial charge on any atom is 0.328 e. The molecule has 0 aromatic heterocycles. The normalized spacial score (nSPS) is 15.9. The average Bonchev–Trinajstić information content (AvgIpc) is 3.16. The number of carboxylic acids is 2. The molecule has 2 aliphatic rings. The molecule has 192 valence electrons. The number of halogens is 1. The minimum atomic E-state index is -1.26. The molecule has 8 nitrogen and oxygen atoms in total. The van der Waals surface area contributed by atoms with Gasteiger partial charge in [0.25, 0.3) is 5.91 Å². The van der Waals surface area contributed by atoms with Crippen LogP contribution in [0.2, 0.25) is 0 Å². The van der Waals surface area contributed by atoms with Crippen LogP contribution in [0, 0.1) is 11.7 Å². The van der Waals surface area contributed by atoms with E-state index >= 15 is 0 Å². The van der Waals surface area contributed by atoms with Crippen molar-refractivity contribution in [1.82, 2.24) is 9.80 Å². The van der Waals surface area contributed by atoms with Crippen molar-refractivity contribution in [3.8, 4) is 5.75 Å². The molecule has 1 fully saturated rings. The Labute approximate surface area is 209 Å². The van der Waals surface area contributed by atoms with E-state index in [2.05, 4.69) is 17.0 Å². The third kappa shape index (κ3) is 7.64. The molecule has 4 rings (SSSR count). The van der Waals surface area contributed by atoms with Crippen LogP contribution in [0.25, 0.3) is 0 Å². The van der Waals surface area contributed by atoms with E-state index in [1.807, 2.05) is 17.0 Å². The number of benzene rings is 2. The second-order valence-electron chi connectivity index (χ2n) is 8.84. The van der Waals surface area contributed by atoms with E-state index in [9.17, 15) is 18.8 Å². The predicted molar refractivity (Wildman–Crippen MR) is 131 cm³/mol. The number of hydrogen-bond acceptors (Lipinski definition) is 5. The van der Waals surface area contributed by atoms with Crippen LogP contribution in [-0.4, -0.2) is 71.1 Å². The van der Waals surface area contributed by atoms with Crippen molar-refractivity contribution in [2.24, 2.45) is 5.92 Å². The summed E-state index contributed by atoms with van der Waals surface area (Å²) in [5.74, 6) is -1.25. The van der Waals surface area contributed by atoms with Crippen molar-refractivity contribution in [2.75, 3.05) is 33.3 Å². The highest BCUT2D eigenvalue weighted by Crippen LogP contribution is 2.27. The van der Waals surface area contributed by atoms with Crippen molar-refractivity contribution in [2.45, 2.75) is 25.8 Å². The molecule has 2 aliphatic heterocycles. The molecule has 0 spiro atoms. The number of nitrogens with zero attached hydrogens (tertiary/aromatic N) is 2. The van der Waals surface area contributed by atoms with Gasteiger partial charge in [-0.1, -0.05) is 18.2 Å². The summed E-state index contributed by atoms with van der Waals surface area (Å²) in [6.45, 7) is 4.46. The molecule has 9 heteroatoms. The number of rotatable bonds is 8. The molecular weight excluding hydrogens is 467 g/mol. The highest BCUT2D eigenvalue weighted by Gasteiger charge is 2.30. The number of para-hydroxylation sites is 1. The van der Waals surface area contributed by atoms with Gasteiger partial charge in [-0.15, -0.1) is 0 Å². The van der Waals surface area contributed by atoms with Gasteiger partial charge < -0.3 is 24.7 Å². The number of piperidine rings is 1. The van der Waals surface area contributed by atoms with Gasteiger partial charge in [0.05, 0.1) is 7.11 Å². The van der Waals surface area contributed by atoms with Gasteiger partial charge in [0, 0.05) is 37.3 Å². The lowest BCUT2D eigenvalue weighted by Gasteiger charge is -2.34. The zero-order valence-electron chi connectivity index (χ0n) is 20.2. The monoisotopic (exact) mass is 498 g/mol. The molecule has 2 aromatic rings. The first-order chi connectivity index (χ1) is 17.3. The van der Waals surface area contributed by atoms with Gasteiger partial charge >= 0.3 is 11.9 Å². The minimum Gasteiger partial charge on any atom is -0.496 e. The Morgan fingerprint density at radius 2 is 1.75 bits per heavy atom. The van der Waals surface area contributed by atoms with E-state index in [4.69, 9.17) is 14.9 Å². The van der Waals surface area contributed by atoms with Crippen molar-refractivity contribution in [3.05, 3.63) is 77.1 Å². The van der Waals surface area contributed by atoms with Crippen LogP contribution in [0.5, 0.6) is 5.75 Å². The van der Waals surface area contributed by atoms with Gasteiger partial charge in [-0.3, -0.25) is 4.79 Å². The molecule has 2 N–H and O–H groups in total. The van der Waals surface area contributed by atoms with Crippen LogP contribution >= 0.6 is 0 Å². The molecular formula is C27H31FN2O6. The number of amides is 1.